The van der Waals surface area contributed by atoms with E-state index in [9.17, 15) is 9.90 Å². The van der Waals surface area contributed by atoms with Gasteiger partial charge in [0.25, 0.3) is 0 Å². The average molecular weight is 439 g/mol. The topological polar surface area (TPSA) is 37.3 Å². The van der Waals surface area contributed by atoms with Crippen molar-refractivity contribution in [3.63, 3.8) is 0 Å². The monoisotopic (exact) mass is 438 g/mol. The van der Waals surface area contributed by atoms with Crippen LogP contribution < -0.4 is 0 Å². The summed E-state index contributed by atoms with van der Waals surface area (Å²) in [6, 6.07) is 7.81. The molecule has 19 heavy (non-hydrogen) atoms. The number of hydrogen-bond donors (Lipinski definition) is 1. The van der Waals surface area contributed by atoms with Gasteiger partial charge in [-0.2, -0.15) is 0 Å². The minimum atomic E-state index is -0.790. The molecule has 0 aliphatic heterocycles. The van der Waals surface area contributed by atoms with Crippen molar-refractivity contribution >= 4 is 44.5 Å². The van der Waals surface area contributed by atoms with Crippen LogP contribution in [0.25, 0.3) is 0 Å². The normalized spacial score (nSPS) is 15.8. The molecule has 106 valence electrons. The minimum absolute atomic E-state index is 0.542. The number of aliphatic carboxylic acids is 1. The lowest BCUT2D eigenvalue weighted by molar-refractivity contribution is -0.143. The lowest BCUT2D eigenvalue weighted by Crippen LogP contribution is -2.33. The number of benzene rings is 1. The van der Waals surface area contributed by atoms with Gasteiger partial charge in [0.05, 0.1) is 5.41 Å². The standard InChI is InChI=1S/C15H20BrIO2/c1-11(7-9-16)6-8-15(2,14(18)19)12-4-3-5-13(17)10-12/h3-5,10-11H,6-9H2,1-2H3,(H,18,19). The predicted molar refractivity (Wildman–Crippen MR) is 91.0 cm³/mol. The lowest BCUT2D eigenvalue weighted by atomic mass is 9.77. The quantitative estimate of drug-likeness (QED) is 0.488. The Morgan fingerprint density at radius 2 is 2.16 bits per heavy atom. The van der Waals surface area contributed by atoms with Crippen molar-refractivity contribution in [2.75, 3.05) is 5.33 Å². The van der Waals surface area contributed by atoms with Crippen molar-refractivity contribution < 1.29 is 9.90 Å². The molecule has 0 saturated carbocycles. The van der Waals surface area contributed by atoms with Crippen LogP contribution in [0.3, 0.4) is 0 Å². The Bertz CT molecular complexity index is 436. The first-order valence-corrected chi connectivity index (χ1v) is 8.65. The summed E-state index contributed by atoms with van der Waals surface area (Å²) in [5.41, 5.74) is 0.111. The van der Waals surface area contributed by atoms with Crippen molar-refractivity contribution in [3.8, 4) is 0 Å². The Kier molecular flexibility index (Phi) is 6.80. The number of carbonyl (C=O) groups is 1. The summed E-state index contributed by atoms with van der Waals surface area (Å²) in [6.07, 6.45) is 2.69. The highest BCUT2D eigenvalue weighted by Gasteiger charge is 2.35. The predicted octanol–water partition coefficient (Wildman–Crippen LogP) is 4.83. The first-order valence-electron chi connectivity index (χ1n) is 6.45. The zero-order chi connectivity index (χ0) is 14.5. The first kappa shape index (κ1) is 17.0. The van der Waals surface area contributed by atoms with Gasteiger partial charge in [0, 0.05) is 8.90 Å². The third kappa shape index (κ3) is 4.74. The summed E-state index contributed by atoms with van der Waals surface area (Å²) >= 11 is 5.66. The fourth-order valence-corrected chi connectivity index (χ4v) is 3.40. The Morgan fingerprint density at radius 1 is 1.47 bits per heavy atom. The smallest absolute Gasteiger partial charge is 0.313 e. The minimum Gasteiger partial charge on any atom is -0.481 e. The SMILES string of the molecule is CC(CCBr)CCC(C)(C(=O)O)c1cccc(I)c1. The lowest BCUT2D eigenvalue weighted by Gasteiger charge is -2.27. The van der Waals surface area contributed by atoms with Gasteiger partial charge in [0.2, 0.25) is 0 Å². The highest BCUT2D eigenvalue weighted by Crippen LogP contribution is 2.32. The molecule has 2 nitrogen and oxygen atoms in total. The van der Waals surface area contributed by atoms with Crippen LogP contribution >= 0.6 is 38.5 Å². The Morgan fingerprint density at radius 3 is 2.68 bits per heavy atom. The van der Waals surface area contributed by atoms with E-state index < -0.39 is 11.4 Å². The zero-order valence-corrected chi connectivity index (χ0v) is 15.1. The molecule has 0 saturated heterocycles. The summed E-state index contributed by atoms with van der Waals surface area (Å²) < 4.78 is 1.08. The molecule has 0 heterocycles. The first-order chi connectivity index (χ1) is 8.90. The molecule has 1 N–H and O–H groups in total. The summed E-state index contributed by atoms with van der Waals surface area (Å²) in [6.45, 7) is 4.01. The Hall–Kier alpha value is -0.100. The van der Waals surface area contributed by atoms with E-state index >= 15 is 0 Å². The van der Waals surface area contributed by atoms with Gasteiger partial charge in [-0.15, -0.1) is 0 Å². The van der Waals surface area contributed by atoms with Crippen molar-refractivity contribution in [2.24, 2.45) is 5.92 Å². The molecule has 0 spiro atoms. The molecule has 0 aliphatic rings. The third-order valence-electron chi connectivity index (χ3n) is 3.67. The van der Waals surface area contributed by atoms with Gasteiger partial charge >= 0.3 is 5.97 Å². The Labute approximate surface area is 137 Å². The van der Waals surface area contributed by atoms with E-state index in [-0.39, 0.29) is 0 Å². The molecule has 0 bridgehead atoms. The van der Waals surface area contributed by atoms with E-state index in [4.69, 9.17) is 0 Å². The number of hydrogen-bond acceptors (Lipinski definition) is 1. The molecule has 4 heteroatoms. The second-order valence-electron chi connectivity index (χ2n) is 5.27. The van der Waals surface area contributed by atoms with Crippen LogP contribution in [0.15, 0.2) is 24.3 Å². The number of halogens is 2. The fourth-order valence-electron chi connectivity index (χ4n) is 2.07. The largest absolute Gasteiger partial charge is 0.481 e. The molecule has 1 aromatic carbocycles. The highest BCUT2D eigenvalue weighted by molar-refractivity contribution is 14.1. The van der Waals surface area contributed by atoms with Gasteiger partial charge in [-0.1, -0.05) is 35.0 Å². The molecule has 0 aromatic heterocycles. The molecule has 1 rings (SSSR count). The van der Waals surface area contributed by atoms with E-state index in [1.807, 2.05) is 31.2 Å². The molecule has 0 fully saturated rings. The molecule has 0 radical (unpaired) electrons. The maximum atomic E-state index is 11.7. The van der Waals surface area contributed by atoms with Gasteiger partial charge in [0.15, 0.2) is 0 Å². The third-order valence-corrected chi connectivity index (χ3v) is 4.80. The molecule has 2 unspecified atom stereocenters. The van der Waals surface area contributed by atoms with Crippen LogP contribution in [0.1, 0.15) is 38.7 Å². The van der Waals surface area contributed by atoms with E-state index in [2.05, 4.69) is 45.4 Å². The summed E-state index contributed by atoms with van der Waals surface area (Å²) in [7, 11) is 0. The fraction of sp³-hybridized carbons (Fsp3) is 0.533. The van der Waals surface area contributed by atoms with Crippen LogP contribution in [0.4, 0.5) is 0 Å². The number of carboxylic acid groups (broad SMARTS) is 1. The average Bonchev–Trinajstić information content (AvgIpc) is 2.36. The van der Waals surface area contributed by atoms with E-state index in [1.165, 1.54) is 0 Å². The second-order valence-corrected chi connectivity index (χ2v) is 7.31. The molecule has 0 aliphatic carbocycles. The van der Waals surface area contributed by atoms with Crippen LogP contribution in [-0.4, -0.2) is 16.4 Å². The van der Waals surface area contributed by atoms with Crippen molar-refractivity contribution in [1.82, 2.24) is 0 Å². The molecular formula is C15H20BrIO2. The maximum absolute atomic E-state index is 11.7. The van der Waals surface area contributed by atoms with E-state index in [1.54, 1.807) is 0 Å². The molecule has 2 atom stereocenters. The summed E-state index contributed by atoms with van der Waals surface area (Å²) in [5.74, 6) is -0.193. The molecule has 0 amide bonds. The molecule has 1 aromatic rings. The van der Waals surface area contributed by atoms with Crippen LogP contribution in [-0.2, 0) is 10.2 Å². The van der Waals surface area contributed by atoms with Crippen LogP contribution in [0, 0.1) is 9.49 Å². The van der Waals surface area contributed by atoms with Gasteiger partial charge < -0.3 is 5.11 Å². The number of alkyl halides is 1. The van der Waals surface area contributed by atoms with Gasteiger partial charge in [-0.25, -0.2) is 0 Å². The van der Waals surface area contributed by atoms with Crippen molar-refractivity contribution in [3.05, 3.63) is 33.4 Å². The maximum Gasteiger partial charge on any atom is 0.313 e. The van der Waals surface area contributed by atoms with Gasteiger partial charge in [-0.3, -0.25) is 4.79 Å². The summed E-state index contributed by atoms with van der Waals surface area (Å²) in [4.78, 5) is 11.7. The van der Waals surface area contributed by atoms with E-state index in [0.29, 0.717) is 12.3 Å². The van der Waals surface area contributed by atoms with Crippen LogP contribution in [0.5, 0.6) is 0 Å². The zero-order valence-electron chi connectivity index (χ0n) is 11.3. The van der Waals surface area contributed by atoms with Crippen molar-refractivity contribution in [1.29, 1.82) is 0 Å². The van der Waals surface area contributed by atoms with Crippen LogP contribution in [0.2, 0.25) is 0 Å². The van der Waals surface area contributed by atoms with Crippen molar-refractivity contribution in [2.45, 2.75) is 38.5 Å². The van der Waals surface area contributed by atoms with E-state index in [0.717, 1.165) is 27.3 Å². The summed E-state index contributed by atoms with van der Waals surface area (Å²) in [5, 5.41) is 10.6. The molecular weight excluding hydrogens is 419 g/mol. The highest BCUT2D eigenvalue weighted by atomic mass is 127. The van der Waals surface area contributed by atoms with Gasteiger partial charge in [-0.05, 0) is 72.4 Å². The number of carboxylic acids is 1. The number of rotatable bonds is 7. The van der Waals surface area contributed by atoms with Gasteiger partial charge in [0.1, 0.15) is 0 Å². The Balaban J connectivity index is 2.89. The second kappa shape index (κ2) is 7.62.